The van der Waals surface area contributed by atoms with Crippen LogP contribution in [0.2, 0.25) is 0 Å². The van der Waals surface area contributed by atoms with Crippen LogP contribution in [0.1, 0.15) is 33.3 Å². The number of ether oxygens (including phenoxy) is 1. The van der Waals surface area contributed by atoms with E-state index in [0.717, 1.165) is 16.8 Å². The molecule has 2 aliphatic heterocycles. The lowest BCUT2D eigenvalue weighted by atomic mass is 10.1. The standard InChI is InChI=1S/C16H22BrN3O2/c1-10-8-19(15(21)22-16(2,3)4)9-12-7-11-5-6-13(17)18-14(11)20(10)12/h5-6,10,12H,7-9H2,1-4H3. The minimum Gasteiger partial charge on any atom is -0.444 e. The number of halogens is 1. The molecular formula is C16H22BrN3O2. The number of carbonyl (C=O) groups is 1. The molecule has 0 aliphatic carbocycles. The molecule has 1 fully saturated rings. The van der Waals surface area contributed by atoms with Gasteiger partial charge in [0.2, 0.25) is 0 Å². The first-order chi connectivity index (χ1) is 10.2. The molecule has 3 rings (SSSR count). The van der Waals surface area contributed by atoms with Crippen LogP contribution >= 0.6 is 15.9 Å². The van der Waals surface area contributed by atoms with Gasteiger partial charge in [-0.15, -0.1) is 0 Å². The maximum atomic E-state index is 12.3. The highest BCUT2D eigenvalue weighted by Gasteiger charge is 2.41. The van der Waals surface area contributed by atoms with Gasteiger partial charge < -0.3 is 14.5 Å². The summed E-state index contributed by atoms with van der Waals surface area (Å²) < 4.78 is 6.37. The number of piperazine rings is 1. The van der Waals surface area contributed by atoms with Crippen molar-refractivity contribution in [2.45, 2.75) is 51.8 Å². The number of carbonyl (C=O) groups excluding carboxylic acids is 1. The van der Waals surface area contributed by atoms with Gasteiger partial charge in [0.05, 0.1) is 6.04 Å². The van der Waals surface area contributed by atoms with Gasteiger partial charge in [0.15, 0.2) is 0 Å². The van der Waals surface area contributed by atoms with E-state index >= 15 is 0 Å². The molecule has 0 N–H and O–H groups in total. The van der Waals surface area contributed by atoms with Crippen LogP contribution in [-0.2, 0) is 11.2 Å². The molecule has 1 amide bonds. The minimum atomic E-state index is -0.456. The summed E-state index contributed by atoms with van der Waals surface area (Å²) in [6.07, 6.45) is 0.711. The lowest BCUT2D eigenvalue weighted by molar-refractivity contribution is 0.0191. The van der Waals surface area contributed by atoms with Crippen molar-refractivity contribution in [3.8, 4) is 0 Å². The van der Waals surface area contributed by atoms with Crippen molar-refractivity contribution in [3.63, 3.8) is 0 Å². The lowest BCUT2D eigenvalue weighted by Crippen LogP contribution is -2.58. The Labute approximate surface area is 139 Å². The van der Waals surface area contributed by atoms with Gasteiger partial charge >= 0.3 is 6.09 Å². The Morgan fingerprint density at radius 1 is 1.36 bits per heavy atom. The molecule has 22 heavy (non-hydrogen) atoms. The second-order valence-corrected chi connectivity index (χ2v) is 7.93. The first-order valence-corrected chi connectivity index (χ1v) is 8.45. The summed E-state index contributed by atoms with van der Waals surface area (Å²) in [4.78, 5) is 21.1. The number of aromatic nitrogens is 1. The Balaban J connectivity index is 1.78. The van der Waals surface area contributed by atoms with Crippen LogP contribution in [0.5, 0.6) is 0 Å². The summed E-state index contributed by atoms with van der Waals surface area (Å²) in [7, 11) is 0. The van der Waals surface area contributed by atoms with E-state index in [4.69, 9.17) is 4.74 Å². The topological polar surface area (TPSA) is 45.7 Å². The van der Waals surface area contributed by atoms with Crippen LogP contribution < -0.4 is 4.90 Å². The predicted octanol–water partition coefficient (Wildman–Crippen LogP) is 3.21. The van der Waals surface area contributed by atoms with E-state index in [1.165, 1.54) is 5.56 Å². The summed E-state index contributed by atoms with van der Waals surface area (Å²) >= 11 is 3.45. The molecular weight excluding hydrogens is 346 g/mol. The summed E-state index contributed by atoms with van der Waals surface area (Å²) in [5.41, 5.74) is 0.800. The Hall–Kier alpha value is -1.30. The average molecular weight is 368 g/mol. The van der Waals surface area contributed by atoms with Gasteiger partial charge in [-0.25, -0.2) is 9.78 Å². The smallest absolute Gasteiger partial charge is 0.410 e. The average Bonchev–Trinajstić information content (AvgIpc) is 2.74. The third-order valence-corrected chi connectivity index (χ3v) is 4.50. The van der Waals surface area contributed by atoms with Crippen molar-refractivity contribution in [3.05, 3.63) is 22.3 Å². The molecule has 2 unspecified atom stereocenters. The van der Waals surface area contributed by atoms with Crippen LogP contribution in [0.15, 0.2) is 16.7 Å². The predicted molar refractivity (Wildman–Crippen MR) is 89.2 cm³/mol. The van der Waals surface area contributed by atoms with Crippen LogP contribution in [0, 0.1) is 0 Å². The quantitative estimate of drug-likeness (QED) is 0.660. The molecule has 0 radical (unpaired) electrons. The summed E-state index contributed by atoms with van der Waals surface area (Å²) in [5, 5.41) is 0. The molecule has 0 spiro atoms. The van der Waals surface area contributed by atoms with Gasteiger partial charge in [-0.2, -0.15) is 0 Å². The van der Waals surface area contributed by atoms with Crippen molar-refractivity contribution >= 4 is 27.8 Å². The van der Waals surface area contributed by atoms with E-state index in [-0.39, 0.29) is 18.2 Å². The molecule has 0 bridgehead atoms. The second-order valence-electron chi connectivity index (χ2n) is 7.12. The highest BCUT2D eigenvalue weighted by Crippen LogP contribution is 2.36. The Bertz CT molecular complexity index is 600. The number of nitrogens with zero attached hydrogens (tertiary/aromatic N) is 3. The van der Waals surface area contributed by atoms with E-state index in [9.17, 15) is 4.79 Å². The highest BCUT2D eigenvalue weighted by molar-refractivity contribution is 9.10. The van der Waals surface area contributed by atoms with Gasteiger partial charge in [0.1, 0.15) is 16.0 Å². The van der Waals surface area contributed by atoms with Crippen LogP contribution in [0.3, 0.4) is 0 Å². The number of fused-ring (bicyclic) bond motifs is 3. The van der Waals surface area contributed by atoms with Gasteiger partial charge in [-0.05, 0) is 61.7 Å². The monoisotopic (exact) mass is 367 g/mol. The fraction of sp³-hybridized carbons (Fsp3) is 0.625. The Morgan fingerprint density at radius 3 is 2.77 bits per heavy atom. The number of anilines is 1. The van der Waals surface area contributed by atoms with Gasteiger partial charge in [0.25, 0.3) is 0 Å². The zero-order chi connectivity index (χ0) is 16.1. The Morgan fingerprint density at radius 2 is 2.09 bits per heavy atom. The maximum absolute atomic E-state index is 12.3. The normalized spacial score (nSPS) is 24.0. The number of rotatable bonds is 0. The fourth-order valence-electron chi connectivity index (χ4n) is 3.29. The van der Waals surface area contributed by atoms with Crippen molar-refractivity contribution in [1.29, 1.82) is 0 Å². The van der Waals surface area contributed by atoms with Crippen LogP contribution in [0.4, 0.5) is 10.6 Å². The molecule has 0 saturated carbocycles. The maximum Gasteiger partial charge on any atom is 0.410 e. The number of pyridine rings is 1. The number of amides is 1. The largest absolute Gasteiger partial charge is 0.444 e. The molecule has 3 heterocycles. The summed E-state index contributed by atoms with van der Waals surface area (Å²) in [6, 6.07) is 4.62. The summed E-state index contributed by atoms with van der Waals surface area (Å²) in [6.45, 7) is 9.19. The molecule has 6 heteroatoms. The molecule has 2 atom stereocenters. The zero-order valence-corrected chi connectivity index (χ0v) is 15.1. The Kier molecular flexibility index (Phi) is 3.83. The van der Waals surface area contributed by atoms with Crippen molar-refractivity contribution < 1.29 is 9.53 Å². The van der Waals surface area contributed by atoms with Crippen molar-refractivity contribution in [2.75, 3.05) is 18.0 Å². The van der Waals surface area contributed by atoms with Crippen molar-refractivity contribution in [1.82, 2.24) is 9.88 Å². The highest BCUT2D eigenvalue weighted by atomic mass is 79.9. The second kappa shape index (κ2) is 5.41. The zero-order valence-electron chi connectivity index (χ0n) is 13.5. The SMILES string of the molecule is CC1CN(C(=O)OC(C)(C)C)CC2Cc3ccc(Br)nc3N12. The molecule has 1 aromatic heterocycles. The van der Waals surface area contributed by atoms with E-state index in [1.54, 1.807) is 0 Å². The molecule has 0 aromatic carbocycles. The third-order valence-electron chi connectivity index (χ3n) is 4.06. The van der Waals surface area contributed by atoms with E-state index in [2.05, 4.69) is 38.8 Å². The lowest BCUT2D eigenvalue weighted by Gasteiger charge is -2.43. The van der Waals surface area contributed by atoms with Gasteiger partial charge in [0, 0.05) is 19.1 Å². The molecule has 5 nitrogen and oxygen atoms in total. The van der Waals surface area contributed by atoms with Gasteiger partial charge in [-0.1, -0.05) is 6.07 Å². The molecule has 120 valence electrons. The van der Waals surface area contributed by atoms with E-state index < -0.39 is 5.60 Å². The van der Waals surface area contributed by atoms with E-state index in [0.29, 0.717) is 13.1 Å². The van der Waals surface area contributed by atoms with Crippen LogP contribution in [-0.4, -0.2) is 46.8 Å². The third kappa shape index (κ3) is 2.93. The first kappa shape index (κ1) is 15.6. The first-order valence-electron chi connectivity index (χ1n) is 7.66. The fourth-order valence-corrected chi connectivity index (χ4v) is 3.59. The molecule has 1 aromatic rings. The van der Waals surface area contributed by atoms with Gasteiger partial charge in [-0.3, -0.25) is 0 Å². The number of hydrogen-bond donors (Lipinski definition) is 0. The van der Waals surface area contributed by atoms with Crippen LogP contribution in [0.25, 0.3) is 0 Å². The minimum absolute atomic E-state index is 0.218. The number of hydrogen-bond acceptors (Lipinski definition) is 4. The summed E-state index contributed by atoms with van der Waals surface area (Å²) in [5.74, 6) is 1.05. The van der Waals surface area contributed by atoms with Crippen molar-refractivity contribution in [2.24, 2.45) is 0 Å². The molecule has 1 saturated heterocycles. The molecule has 2 aliphatic rings. The van der Waals surface area contributed by atoms with E-state index in [1.807, 2.05) is 31.7 Å².